The van der Waals surface area contributed by atoms with Crippen LogP contribution < -0.4 is 33.5 Å². The first-order valence-corrected chi connectivity index (χ1v) is 8.55. The minimum absolute atomic E-state index is 0. The summed E-state index contributed by atoms with van der Waals surface area (Å²) in [7, 11) is 0. The van der Waals surface area contributed by atoms with E-state index in [2.05, 4.69) is 25.6 Å². The number of aromatic nitrogens is 2. The van der Waals surface area contributed by atoms with Crippen molar-refractivity contribution < 1.29 is 26.6 Å². The summed E-state index contributed by atoms with van der Waals surface area (Å²) in [5.74, 6) is 0.402. The van der Waals surface area contributed by atoms with Crippen molar-refractivity contribution in [3.63, 3.8) is 0 Å². The molecule has 0 spiro atoms. The number of carbonyl (C=O) groups excluding carboxylic acids is 1. The Morgan fingerprint density at radius 3 is 2.43 bits per heavy atom. The largest absolute Gasteiger partial charge is 1.00 e. The molecule has 0 saturated heterocycles. The monoisotopic (exact) mass is 402 g/mol. The average Bonchev–Trinajstić information content (AvgIpc) is 3.14. The van der Waals surface area contributed by atoms with Gasteiger partial charge in [0.25, 0.3) is 5.91 Å². The second-order valence-corrected chi connectivity index (χ2v) is 5.85. The van der Waals surface area contributed by atoms with Gasteiger partial charge in [-0.05, 0) is 33.6 Å². The van der Waals surface area contributed by atoms with Gasteiger partial charge in [-0.3, -0.25) is 4.79 Å². The molecule has 28 heavy (non-hydrogen) atoms. The number of nitrogens with two attached hydrogens (primary N) is 1. The molecule has 2 aromatic carbocycles. The van der Waals surface area contributed by atoms with Gasteiger partial charge in [-0.25, -0.2) is 4.63 Å². The lowest BCUT2D eigenvalue weighted by Crippen LogP contribution is -3.00. The van der Waals surface area contributed by atoms with Crippen LogP contribution in [0.4, 0.5) is 5.82 Å². The summed E-state index contributed by atoms with van der Waals surface area (Å²) >= 11 is 0. The first kappa shape index (κ1) is 21.2. The van der Waals surface area contributed by atoms with E-state index in [-0.39, 0.29) is 23.9 Å². The van der Waals surface area contributed by atoms with E-state index in [9.17, 15) is 4.79 Å². The lowest BCUT2D eigenvalue weighted by Gasteiger charge is -2.08. The Morgan fingerprint density at radius 1 is 1.00 bits per heavy atom. The molecule has 0 radical (unpaired) electrons. The zero-order valence-corrected chi connectivity index (χ0v) is 15.9. The molecule has 3 rings (SSSR count). The maximum atomic E-state index is 11.8. The van der Waals surface area contributed by atoms with E-state index in [1.54, 1.807) is 0 Å². The molecule has 1 amide bonds. The number of nitrogens with zero attached hydrogens (tertiary/aromatic N) is 2. The molecule has 0 aliphatic rings. The Bertz CT molecular complexity index is 856. The molecule has 0 saturated carbocycles. The second kappa shape index (κ2) is 10.9. The Labute approximate surface area is 168 Å². The average molecular weight is 403 g/mol. The Hall–Kier alpha value is -3.10. The normalized spacial score (nSPS) is 10.1. The summed E-state index contributed by atoms with van der Waals surface area (Å²) in [6, 6.07) is 17.9. The van der Waals surface area contributed by atoms with Gasteiger partial charge >= 0.3 is 0 Å². The molecule has 4 N–H and O–H groups in total. The molecule has 0 fully saturated rings. The van der Waals surface area contributed by atoms with Crippen LogP contribution in [0.2, 0.25) is 0 Å². The van der Waals surface area contributed by atoms with Crippen LogP contribution in [0.1, 0.15) is 21.6 Å². The van der Waals surface area contributed by atoms with Gasteiger partial charge in [0.2, 0.25) is 11.5 Å². The van der Waals surface area contributed by atoms with Crippen LogP contribution in [0.3, 0.4) is 0 Å². The zero-order chi connectivity index (χ0) is 18.9. The number of ether oxygens (including phenoxy) is 1. The number of hydrogen-bond acceptors (Lipinski definition) is 7. The number of nitrogens with one attached hydrogen (secondary N) is 2. The Kier molecular flexibility index (Phi) is 8.26. The fraction of sp³-hybridized carbons (Fsp3) is 0.211. The van der Waals surface area contributed by atoms with E-state index >= 15 is 0 Å². The highest BCUT2D eigenvalue weighted by Gasteiger charge is 2.14. The number of rotatable bonds is 9. The van der Waals surface area contributed by atoms with Gasteiger partial charge in [-0.1, -0.05) is 42.5 Å². The molecule has 1 aromatic heterocycles. The number of nitrogen functional groups attached to an aromatic ring is 1. The molecule has 0 aliphatic carbocycles. The first-order valence-electron chi connectivity index (χ1n) is 8.55. The number of halogens is 1. The predicted molar refractivity (Wildman–Crippen MR) is 100.0 cm³/mol. The summed E-state index contributed by atoms with van der Waals surface area (Å²) < 4.78 is 10.2. The fourth-order valence-electron chi connectivity index (χ4n) is 2.38. The van der Waals surface area contributed by atoms with E-state index in [0.717, 1.165) is 16.9 Å². The van der Waals surface area contributed by atoms with Gasteiger partial charge in [-0.15, -0.1) is 0 Å². The zero-order valence-electron chi connectivity index (χ0n) is 15.1. The second-order valence-electron chi connectivity index (χ2n) is 5.85. The van der Waals surface area contributed by atoms with Crippen LogP contribution in [0.5, 0.6) is 5.75 Å². The summed E-state index contributed by atoms with van der Waals surface area (Å²) in [4.78, 5) is 11.8. The van der Waals surface area contributed by atoms with Crippen LogP contribution in [0.25, 0.3) is 0 Å². The Balaban J connectivity index is 0.00000280. The summed E-state index contributed by atoms with van der Waals surface area (Å²) in [5, 5.41) is 12.8. The van der Waals surface area contributed by atoms with E-state index in [0.29, 0.717) is 26.2 Å². The van der Waals surface area contributed by atoms with Gasteiger partial charge in [0, 0.05) is 19.6 Å². The molecule has 0 atom stereocenters. The SMILES string of the molecule is Nc1nonc1C(=O)NCCNCc1ccc(OCc2ccccc2)cc1.[Cl-]. The van der Waals surface area contributed by atoms with Crippen molar-refractivity contribution >= 4 is 11.7 Å². The maximum Gasteiger partial charge on any atom is 0.277 e. The molecule has 0 unspecified atom stereocenters. The molecule has 0 aliphatic heterocycles. The molecule has 3 aromatic rings. The van der Waals surface area contributed by atoms with Crippen molar-refractivity contribution in [2.24, 2.45) is 0 Å². The predicted octanol–water partition coefficient (Wildman–Crippen LogP) is -1.25. The number of anilines is 1. The highest BCUT2D eigenvalue weighted by atomic mass is 35.5. The number of benzene rings is 2. The van der Waals surface area contributed by atoms with Crippen LogP contribution in [-0.2, 0) is 13.2 Å². The van der Waals surface area contributed by atoms with Crippen molar-refractivity contribution in [2.75, 3.05) is 18.8 Å². The lowest BCUT2D eigenvalue weighted by atomic mass is 10.2. The molecule has 8 nitrogen and oxygen atoms in total. The molecule has 0 bridgehead atoms. The van der Waals surface area contributed by atoms with Crippen LogP contribution in [-0.4, -0.2) is 29.3 Å². The quantitative estimate of drug-likeness (QED) is 0.383. The number of hydrogen-bond donors (Lipinski definition) is 3. The fourth-order valence-corrected chi connectivity index (χ4v) is 2.38. The van der Waals surface area contributed by atoms with Gasteiger partial charge in [0.15, 0.2) is 0 Å². The van der Waals surface area contributed by atoms with Gasteiger partial charge < -0.3 is 33.5 Å². The standard InChI is InChI=1S/C19H21N5O3.ClH/c20-18-17(23-27-24-18)19(25)22-11-10-21-12-14-6-8-16(9-7-14)26-13-15-4-2-1-3-5-15;/h1-9,21H,10-13H2,(H2,20,24)(H,22,25);1H/p-1. The molecular formula is C19H21ClN5O3-. The van der Waals surface area contributed by atoms with Gasteiger partial charge in [0.05, 0.1) is 0 Å². The highest BCUT2D eigenvalue weighted by molar-refractivity contribution is 5.95. The van der Waals surface area contributed by atoms with E-state index in [1.165, 1.54) is 0 Å². The third-order valence-electron chi connectivity index (χ3n) is 3.82. The first-order chi connectivity index (χ1) is 13.2. The van der Waals surface area contributed by atoms with Crippen molar-refractivity contribution in [2.45, 2.75) is 13.2 Å². The highest BCUT2D eigenvalue weighted by Crippen LogP contribution is 2.14. The topological polar surface area (TPSA) is 115 Å². The van der Waals surface area contributed by atoms with E-state index in [1.807, 2.05) is 54.6 Å². The smallest absolute Gasteiger partial charge is 0.277 e. The van der Waals surface area contributed by atoms with Crippen molar-refractivity contribution in [1.82, 2.24) is 20.9 Å². The Morgan fingerprint density at radius 2 is 1.75 bits per heavy atom. The molecule has 1 heterocycles. The van der Waals surface area contributed by atoms with Crippen molar-refractivity contribution in [3.05, 3.63) is 71.4 Å². The minimum atomic E-state index is -0.407. The van der Waals surface area contributed by atoms with Gasteiger partial charge in [-0.2, -0.15) is 0 Å². The van der Waals surface area contributed by atoms with Crippen LogP contribution in [0, 0.1) is 0 Å². The van der Waals surface area contributed by atoms with E-state index in [4.69, 9.17) is 10.5 Å². The molecule has 9 heteroatoms. The lowest BCUT2D eigenvalue weighted by molar-refractivity contribution is -0.0000148. The third kappa shape index (κ3) is 6.26. The minimum Gasteiger partial charge on any atom is -1.00 e. The summed E-state index contributed by atoms with van der Waals surface area (Å²) in [6.07, 6.45) is 0. The summed E-state index contributed by atoms with van der Waals surface area (Å²) in [6.45, 7) is 2.26. The summed E-state index contributed by atoms with van der Waals surface area (Å²) in [5.41, 5.74) is 7.72. The number of amides is 1. The van der Waals surface area contributed by atoms with Crippen LogP contribution in [0.15, 0.2) is 59.2 Å². The van der Waals surface area contributed by atoms with Crippen LogP contribution >= 0.6 is 0 Å². The third-order valence-corrected chi connectivity index (χ3v) is 3.82. The van der Waals surface area contributed by atoms with E-state index < -0.39 is 5.91 Å². The number of carbonyl (C=O) groups is 1. The van der Waals surface area contributed by atoms with Crippen molar-refractivity contribution in [3.8, 4) is 5.75 Å². The van der Waals surface area contributed by atoms with Gasteiger partial charge in [0.1, 0.15) is 12.4 Å². The van der Waals surface area contributed by atoms with Crippen molar-refractivity contribution in [1.29, 1.82) is 0 Å². The molecule has 148 valence electrons. The maximum absolute atomic E-state index is 11.8. The molecular weight excluding hydrogens is 382 g/mol.